The zero-order chi connectivity index (χ0) is 21.6. The largest absolute Gasteiger partial charge is 0.467 e. The van der Waals surface area contributed by atoms with Crippen LogP contribution in [-0.2, 0) is 26.1 Å². The summed E-state index contributed by atoms with van der Waals surface area (Å²) in [6, 6.07) is 11.8. The van der Waals surface area contributed by atoms with Crippen molar-refractivity contribution in [3.63, 3.8) is 0 Å². The van der Waals surface area contributed by atoms with Crippen LogP contribution in [0.5, 0.6) is 0 Å². The molecule has 1 aliphatic heterocycles. The third-order valence-electron chi connectivity index (χ3n) is 4.99. The topological polar surface area (TPSA) is 80.1 Å². The number of hydrogen-bond donors (Lipinski definition) is 0. The van der Waals surface area contributed by atoms with Gasteiger partial charge in [0.25, 0.3) is 0 Å². The van der Waals surface area contributed by atoms with Gasteiger partial charge in [0.15, 0.2) is 0 Å². The lowest BCUT2D eigenvalue weighted by Crippen LogP contribution is -2.45. The van der Waals surface area contributed by atoms with Crippen molar-refractivity contribution in [2.75, 3.05) is 26.2 Å². The number of furan rings is 1. The Morgan fingerprint density at radius 1 is 1.17 bits per heavy atom. The Morgan fingerprint density at radius 2 is 1.93 bits per heavy atom. The zero-order valence-electron chi connectivity index (χ0n) is 17.6. The molecule has 1 aromatic carbocycles. The highest BCUT2D eigenvalue weighted by Gasteiger charge is 2.30. The molecule has 1 atom stereocenters. The molecule has 0 saturated carbocycles. The monoisotopic (exact) mass is 434 g/mol. The van der Waals surface area contributed by atoms with Gasteiger partial charge in [-0.05, 0) is 43.0 Å². The van der Waals surface area contributed by atoms with Crippen LogP contribution in [-0.4, -0.2) is 55.9 Å². The van der Waals surface area contributed by atoms with E-state index in [1.807, 2.05) is 19.9 Å². The fourth-order valence-electron chi connectivity index (χ4n) is 3.53. The molecule has 0 radical (unpaired) electrons. The molecular formula is C22H30N2O5S. The average molecular weight is 435 g/mol. The predicted molar refractivity (Wildman–Crippen MR) is 113 cm³/mol. The lowest BCUT2D eigenvalue weighted by Gasteiger charge is -2.29. The molecule has 2 heterocycles. The van der Waals surface area contributed by atoms with Gasteiger partial charge in [0.05, 0.1) is 30.4 Å². The molecule has 7 nitrogen and oxygen atoms in total. The molecule has 1 aliphatic rings. The number of nitrogens with zero attached hydrogens (tertiary/aromatic N) is 2. The summed E-state index contributed by atoms with van der Waals surface area (Å²) in [6.45, 7) is 5.30. The summed E-state index contributed by atoms with van der Waals surface area (Å²) >= 11 is 0. The maximum absolute atomic E-state index is 13.2. The molecule has 3 rings (SSSR count). The first-order valence-electron chi connectivity index (χ1n) is 10.3. The fraction of sp³-hybridized carbons (Fsp3) is 0.500. The number of carbonyl (C=O) groups is 1. The van der Waals surface area contributed by atoms with Crippen molar-refractivity contribution in [3.05, 3.63) is 54.5 Å². The van der Waals surface area contributed by atoms with Gasteiger partial charge in [0.2, 0.25) is 15.9 Å². The van der Waals surface area contributed by atoms with Crippen molar-refractivity contribution in [1.29, 1.82) is 0 Å². The van der Waals surface area contributed by atoms with Gasteiger partial charge in [0.1, 0.15) is 5.76 Å². The van der Waals surface area contributed by atoms with E-state index in [4.69, 9.17) is 9.15 Å². The molecule has 8 heteroatoms. The lowest BCUT2D eigenvalue weighted by atomic mass is 10.2. The molecule has 1 fully saturated rings. The summed E-state index contributed by atoms with van der Waals surface area (Å²) in [6.07, 6.45) is 3.39. The van der Waals surface area contributed by atoms with Gasteiger partial charge >= 0.3 is 0 Å². The number of amides is 1. The van der Waals surface area contributed by atoms with Crippen LogP contribution in [0.15, 0.2) is 58.0 Å². The van der Waals surface area contributed by atoms with Gasteiger partial charge in [-0.1, -0.05) is 32.0 Å². The van der Waals surface area contributed by atoms with Crippen LogP contribution in [0.2, 0.25) is 0 Å². The molecule has 0 N–H and O–H groups in total. The Labute approximate surface area is 178 Å². The standard InChI is InChI=1S/C22H30N2O5S/c1-18(2)14-24(30(26,27)21-10-4-3-5-11-21)17-22(25)23(15-19-8-6-12-28-19)16-20-9-7-13-29-20/h3-6,8,10-12,18,20H,7,9,13-17H2,1-2H3/t20-/m1/s1. The number of ether oxygens (including phenoxy) is 1. The second-order valence-electron chi connectivity index (χ2n) is 7.99. The van der Waals surface area contributed by atoms with E-state index in [2.05, 4.69) is 0 Å². The highest BCUT2D eigenvalue weighted by Crippen LogP contribution is 2.19. The van der Waals surface area contributed by atoms with Crippen LogP contribution in [0.4, 0.5) is 0 Å². The van der Waals surface area contributed by atoms with Crippen molar-refractivity contribution in [1.82, 2.24) is 9.21 Å². The van der Waals surface area contributed by atoms with Crippen LogP contribution in [0.25, 0.3) is 0 Å². The van der Waals surface area contributed by atoms with Crippen LogP contribution in [0, 0.1) is 5.92 Å². The summed E-state index contributed by atoms with van der Waals surface area (Å²) in [5.41, 5.74) is 0. The predicted octanol–water partition coefficient (Wildman–Crippen LogP) is 3.13. The smallest absolute Gasteiger partial charge is 0.243 e. The van der Waals surface area contributed by atoms with Gasteiger partial charge in [-0.3, -0.25) is 4.79 Å². The van der Waals surface area contributed by atoms with Crippen LogP contribution in [0.3, 0.4) is 0 Å². The van der Waals surface area contributed by atoms with Gasteiger partial charge in [-0.25, -0.2) is 8.42 Å². The molecule has 0 bridgehead atoms. The quantitative estimate of drug-likeness (QED) is 0.574. The highest BCUT2D eigenvalue weighted by atomic mass is 32.2. The molecule has 0 aliphatic carbocycles. The van der Waals surface area contributed by atoms with E-state index in [9.17, 15) is 13.2 Å². The van der Waals surface area contributed by atoms with Crippen molar-refractivity contribution < 1.29 is 22.4 Å². The Kier molecular flexibility index (Phi) is 7.69. The lowest BCUT2D eigenvalue weighted by molar-refractivity contribution is -0.134. The minimum atomic E-state index is -3.78. The Hall–Kier alpha value is -2.16. The SMILES string of the molecule is CC(C)CN(CC(=O)N(Cc1ccco1)C[C@H]1CCCO1)S(=O)(=O)c1ccccc1. The molecule has 1 aromatic heterocycles. The summed E-state index contributed by atoms with van der Waals surface area (Å²) in [5, 5.41) is 0. The normalized spacial score (nSPS) is 17.0. The molecular weight excluding hydrogens is 404 g/mol. The Bertz CT molecular complexity index is 891. The summed E-state index contributed by atoms with van der Waals surface area (Å²) in [5.74, 6) is 0.470. The van der Waals surface area contributed by atoms with Crippen LogP contribution >= 0.6 is 0 Å². The molecule has 2 aromatic rings. The van der Waals surface area contributed by atoms with Crippen molar-refractivity contribution in [2.45, 2.75) is 44.2 Å². The van der Waals surface area contributed by atoms with Gasteiger partial charge in [0, 0.05) is 19.7 Å². The van der Waals surface area contributed by atoms with Crippen molar-refractivity contribution in [3.8, 4) is 0 Å². The van der Waals surface area contributed by atoms with E-state index in [1.54, 1.807) is 47.6 Å². The molecule has 30 heavy (non-hydrogen) atoms. The first kappa shape index (κ1) is 22.5. The fourth-order valence-corrected chi connectivity index (χ4v) is 5.10. The number of sulfonamides is 1. The van der Waals surface area contributed by atoms with E-state index in [0.29, 0.717) is 18.9 Å². The summed E-state index contributed by atoms with van der Waals surface area (Å²) < 4.78 is 38.8. The summed E-state index contributed by atoms with van der Waals surface area (Å²) in [7, 11) is -3.78. The Balaban J connectivity index is 1.80. The van der Waals surface area contributed by atoms with Crippen molar-refractivity contribution in [2.24, 2.45) is 5.92 Å². The first-order chi connectivity index (χ1) is 14.4. The van der Waals surface area contributed by atoms with Gasteiger partial charge in [-0.2, -0.15) is 4.31 Å². The number of carbonyl (C=O) groups excluding carboxylic acids is 1. The minimum Gasteiger partial charge on any atom is -0.467 e. The number of hydrogen-bond acceptors (Lipinski definition) is 5. The first-order valence-corrected chi connectivity index (χ1v) is 11.8. The van der Waals surface area contributed by atoms with E-state index < -0.39 is 10.0 Å². The highest BCUT2D eigenvalue weighted by molar-refractivity contribution is 7.89. The van der Waals surface area contributed by atoms with Gasteiger partial charge < -0.3 is 14.1 Å². The van der Waals surface area contributed by atoms with E-state index in [0.717, 1.165) is 12.8 Å². The minimum absolute atomic E-state index is 0.0341. The van der Waals surface area contributed by atoms with Crippen molar-refractivity contribution >= 4 is 15.9 Å². The maximum Gasteiger partial charge on any atom is 0.243 e. The zero-order valence-corrected chi connectivity index (χ0v) is 18.4. The van der Waals surface area contributed by atoms with Crippen LogP contribution in [0.1, 0.15) is 32.4 Å². The van der Waals surface area contributed by atoms with E-state index in [1.165, 1.54) is 4.31 Å². The third kappa shape index (κ3) is 5.93. The molecule has 0 spiro atoms. The molecule has 1 amide bonds. The van der Waals surface area contributed by atoms with E-state index >= 15 is 0 Å². The van der Waals surface area contributed by atoms with E-state index in [-0.39, 0.29) is 42.5 Å². The molecule has 164 valence electrons. The molecule has 1 saturated heterocycles. The number of rotatable bonds is 10. The third-order valence-corrected chi connectivity index (χ3v) is 6.81. The second-order valence-corrected chi connectivity index (χ2v) is 9.93. The molecule has 0 unspecified atom stereocenters. The second kappa shape index (κ2) is 10.2. The maximum atomic E-state index is 13.2. The van der Waals surface area contributed by atoms with Gasteiger partial charge in [-0.15, -0.1) is 0 Å². The number of benzene rings is 1. The average Bonchev–Trinajstić information content (AvgIpc) is 3.41. The summed E-state index contributed by atoms with van der Waals surface area (Å²) in [4.78, 5) is 15.1. The Morgan fingerprint density at radius 3 is 2.53 bits per heavy atom. The van der Waals surface area contributed by atoms with Crippen LogP contribution < -0.4 is 0 Å².